The molecule has 3 nitrogen and oxygen atoms in total. The molecule has 0 amide bonds. The third-order valence-electron chi connectivity index (χ3n) is 3.85. The number of likely N-dealkylation sites (N-methyl/N-ethyl adjacent to an activating group) is 1. The van der Waals surface area contributed by atoms with E-state index >= 15 is 0 Å². The number of rotatable bonds is 6. The molecule has 0 aromatic heterocycles. The van der Waals surface area contributed by atoms with Crippen molar-refractivity contribution in [1.29, 1.82) is 0 Å². The van der Waals surface area contributed by atoms with Gasteiger partial charge >= 0.3 is 0 Å². The summed E-state index contributed by atoms with van der Waals surface area (Å²) in [6.07, 6.45) is 0.994. The van der Waals surface area contributed by atoms with Crippen LogP contribution in [0.3, 0.4) is 0 Å². The summed E-state index contributed by atoms with van der Waals surface area (Å²) in [4.78, 5) is 2.23. The molecule has 0 unspecified atom stereocenters. The molecule has 1 atom stereocenters. The van der Waals surface area contributed by atoms with Gasteiger partial charge in [-0.2, -0.15) is 0 Å². The smallest absolute Gasteiger partial charge is 0.170 e. The molecule has 0 aliphatic carbocycles. The van der Waals surface area contributed by atoms with Crippen LogP contribution in [0.15, 0.2) is 54.6 Å². The predicted molar refractivity (Wildman–Crippen MR) is 103 cm³/mol. The quantitative estimate of drug-likeness (QED) is 0.795. The molecule has 0 saturated carbocycles. The third kappa shape index (κ3) is 6.00. The summed E-state index contributed by atoms with van der Waals surface area (Å²) in [5.74, 6) is 0. The average molecular weight is 327 g/mol. The van der Waals surface area contributed by atoms with Crippen LogP contribution in [0.1, 0.15) is 11.1 Å². The number of nitrogens with zero attached hydrogens (tertiary/aromatic N) is 1. The van der Waals surface area contributed by atoms with Gasteiger partial charge in [0.1, 0.15) is 0 Å². The number of anilines is 1. The summed E-state index contributed by atoms with van der Waals surface area (Å²) in [5.41, 5.74) is 3.59. The Morgan fingerprint density at radius 1 is 1.04 bits per heavy atom. The normalized spacial score (nSPS) is 12.0. The molecule has 0 aliphatic rings. The van der Waals surface area contributed by atoms with E-state index in [2.05, 4.69) is 73.0 Å². The van der Waals surface area contributed by atoms with E-state index in [-0.39, 0.29) is 0 Å². The van der Waals surface area contributed by atoms with E-state index in [1.807, 2.05) is 18.2 Å². The largest absolute Gasteiger partial charge is 0.361 e. The van der Waals surface area contributed by atoms with Crippen molar-refractivity contribution in [3.63, 3.8) is 0 Å². The topological polar surface area (TPSA) is 27.3 Å². The van der Waals surface area contributed by atoms with Gasteiger partial charge in [0.25, 0.3) is 0 Å². The highest BCUT2D eigenvalue weighted by Crippen LogP contribution is 2.09. The van der Waals surface area contributed by atoms with Gasteiger partial charge in [-0.1, -0.05) is 48.0 Å². The molecule has 4 heteroatoms. The van der Waals surface area contributed by atoms with Gasteiger partial charge < -0.3 is 15.5 Å². The summed E-state index contributed by atoms with van der Waals surface area (Å²) in [5, 5.41) is 7.22. The van der Waals surface area contributed by atoms with Crippen LogP contribution in [0.25, 0.3) is 0 Å². The summed E-state index contributed by atoms with van der Waals surface area (Å²) in [7, 11) is 4.21. The van der Waals surface area contributed by atoms with E-state index in [1.54, 1.807) is 0 Å². The first kappa shape index (κ1) is 17.4. The summed E-state index contributed by atoms with van der Waals surface area (Å²) < 4.78 is 0. The van der Waals surface area contributed by atoms with Gasteiger partial charge in [-0.05, 0) is 57.4 Å². The molecule has 2 aromatic rings. The molecule has 0 radical (unpaired) electrons. The summed E-state index contributed by atoms with van der Waals surface area (Å²) in [6, 6.07) is 19.2. The Morgan fingerprint density at radius 3 is 2.30 bits per heavy atom. The van der Waals surface area contributed by atoms with Gasteiger partial charge in [0.15, 0.2) is 5.11 Å². The number of aryl methyl sites for hydroxylation is 1. The van der Waals surface area contributed by atoms with Gasteiger partial charge in [-0.25, -0.2) is 0 Å². The molecular weight excluding hydrogens is 302 g/mol. The van der Waals surface area contributed by atoms with Crippen LogP contribution >= 0.6 is 12.2 Å². The molecule has 2 aromatic carbocycles. The zero-order chi connectivity index (χ0) is 16.7. The fraction of sp³-hybridized carbons (Fsp3) is 0.316. The Bertz CT molecular complexity index is 608. The van der Waals surface area contributed by atoms with Crippen molar-refractivity contribution in [3.05, 3.63) is 65.7 Å². The molecule has 0 saturated heterocycles. The first-order chi connectivity index (χ1) is 11.0. The van der Waals surface area contributed by atoms with Crippen molar-refractivity contribution in [2.24, 2.45) is 0 Å². The molecule has 0 spiro atoms. The van der Waals surface area contributed by atoms with Crippen LogP contribution in [0, 0.1) is 6.92 Å². The van der Waals surface area contributed by atoms with E-state index < -0.39 is 0 Å². The molecule has 0 aliphatic heterocycles. The first-order valence-corrected chi connectivity index (χ1v) is 8.27. The van der Waals surface area contributed by atoms with E-state index in [1.165, 1.54) is 11.1 Å². The monoisotopic (exact) mass is 327 g/mol. The lowest BCUT2D eigenvalue weighted by atomic mass is 10.1. The number of thiocarbonyl (C=S) groups is 1. The molecule has 23 heavy (non-hydrogen) atoms. The Balaban J connectivity index is 1.85. The SMILES string of the molecule is Cc1ccc(NC(=S)NC[C@H](Cc2ccccc2)N(C)C)cc1. The first-order valence-electron chi connectivity index (χ1n) is 7.86. The van der Waals surface area contributed by atoms with Crippen molar-refractivity contribution < 1.29 is 0 Å². The lowest BCUT2D eigenvalue weighted by molar-refractivity contribution is 0.291. The van der Waals surface area contributed by atoms with Crippen molar-refractivity contribution in [2.45, 2.75) is 19.4 Å². The van der Waals surface area contributed by atoms with Crippen LogP contribution in [0.4, 0.5) is 5.69 Å². The van der Waals surface area contributed by atoms with Gasteiger partial charge in [0, 0.05) is 18.3 Å². The Morgan fingerprint density at radius 2 is 1.70 bits per heavy atom. The molecule has 122 valence electrons. The van der Waals surface area contributed by atoms with E-state index in [9.17, 15) is 0 Å². The molecule has 2 rings (SSSR count). The highest BCUT2D eigenvalue weighted by atomic mass is 32.1. The fourth-order valence-electron chi connectivity index (χ4n) is 2.35. The Kier molecular flexibility index (Phi) is 6.56. The Hall–Kier alpha value is -1.91. The average Bonchev–Trinajstić information content (AvgIpc) is 2.54. The Labute approximate surface area is 144 Å². The van der Waals surface area contributed by atoms with Crippen LogP contribution in [0.5, 0.6) is 0 Å². The van der Waals surface area contributed by atoms with E-state index in [0.29, 0.717) is 11.2 Å². The minimum Gasteiger partial charge on any atom is -0.361 e. The molecule has 2 N–H and O–H groups in total. The minimum atomic E-state index is 0.384. The maximum Gasteiger partial charge on any atom is 0.170 e. The van der Waals surface area contributed by atoms with E-state index in [4.69, 9.17) is 12.2 Å². The van der Waals surface area contributed by atoms with Crippen LogP contribution < -0.4 is 10.6 Å². The summed E-state index contributed by atoms with van der Waals surface area (Å²) >= 11 is 5.40. The zero-order valence-electron chi connectivity index (χ0n) is 14.0. The van der Waals surface area contributed by atoms with E-state index in [0.717, 1.165) is 18.7 Å². The maximum absolute atomic E-state index is 5.40. The van der Waals surface area contributed by atoms with Crippen LogP contribution in [0.2, 0.25) is 0 Å². The maximum atomic E-state index is 5.40. The third-order valence-corrected chi connectivity index (χ3v) is 4.10. The minimum absolute atomic E-state index is 0.384. The van der Waals surface area contributed by atoms with Crippen LogP contribution in [-0.4, -0.2) is 36.7 Å². The second kappa shape index (κ2) is 8.65. The van der Waals surface area contributed by atoms with Gasteiger partial charge in [-0.15, -0.1) is 0 Å². The van der Waals surface area contributed by atoms with Crippen LogP contribution in [-0.2, 0) is 6.42 Å². The molecular formula is C19H25N3S. The lowest BCUT2D eigenvalue weighted by Crippen LogP contribution is -2.42. The highest BCUT2D eigenvalue weighted by molar-refractivity contribution is 7.80. The van der Waals surface area contributed by atoms with Gasteiger partial charge in [-0.3, -0.25) is 0 Å². The van der Waals surface area contributed by atoms with Crippen molar-refractivity contribution >= 4 is 23.0 Å². The highest BCUT2D eigenvalue weighted by Gasteiger charge is 2.12. The molecule has 0 fully saturated rings. The van der Waals surface area contributed by atoms with Crippen molar-refractivity contribution in [1.82, 2.24) is 10.2 Å². The number of hydrogen-bond acceptors (Lipinski definition) is 2. The lowest BCUT2D eigenvalue weighted by Gasteiger charge is -2.25. The van der Waals surface area contributed by atoms with Gasteiger partial charge in [0.2, 0.25) is 0 Å². The number of nitrogens with one attached hydrogen (secondary N) is 2. The van der Waals surface area contributed by atoms with Gasteiger partial charge in [0.05, 0.1) is 0 Å². The number of hydrogen-bond donors (Lipinski definition) is 2. The zero-order valence-corrected chi connectivity index (χ0v) is 14.9. The second-order valence-corrected chi connectivity index (χ2v) is 6.42. The molecule has 0 heterocycles. The molecule has 0 bridgehead atoms. The standard InChI is InChI=1S/C19H25N3S/c1-15-9-11-17(12-10-15)21-19(23)20-14-18(22(2)3)13-16-7-5-4-6-8-16/h4-12,18H,13-14H2,1-3H3,(H2,20,21,23)/t18-/m0/s1. The second-order valence-electron chi connectivity index (χ2n) is 6.01. The predicted octanol–water partition coefficient (Wildman–Crippen LogP) is 3.45. The fourth-order valence-corrected chi connectivity index (χ4v) is 2.55. The summed E-state index contributed by atoms with van der Waals surface area (Å²) in [6.45, 7) is 2.88. The number of benzene rings is 2. The van der Waals surface area contributed by atoms with Crippen molar-refractivity contribution in [3.8, 4) is 0 Å². The van der Waals surface area contributed by atoms with Crippen molar-refractivity contribution in [2.75, 3.05) is 26.0 Å².